The summed E-state index contributed by atoms with van der Waals surface area (Å²) in [4.78, 5) is 0. The molecule has 19 heavy (non-hydrogen) atoms. The molecule has 2 aromatic rings. The first kappa shape index (κ1) is 13.7. The summed E-state index contributed by atoms with van der Waals surface area (Å²) >= 11 is 0. The molecule has 0 aromatic heterocycles. The lowest BCUT2D eigenvalue weighted by atomic mass is 10.3. The second-order valence-electron chi connectivity index (χ2n) is 4.16. The summed E-state index contributed by atoms with van der Waals surface area (Å²) in [6.45, 7) is 2.16. The maximum absolute atomic E-state index is 13.2. The zero-order valence-corrected chi connectivity index (χ0v) is 11.6. The molecule has 0 radical (unpaired) electrons. The van der Waals surface area contributed by atoms with Gasteiger partial charge >= 0.3 is 0 Å². The van der Waals surface area contributed by atoms with Gasteiger partial charge in [-0.05, 0) is 43.3 Å². The average molecular weight is 276 g/mol. The van der Waals surface area contributed by atoms with E-state index in [4.69, 9.17) is 16.0 Å². The quantitative estimate of drug-likeness (QED) is 0.662. The lowest BCUT2D eigenvalue weighted by molar-refractivity contribution is 0.348. The summed E-state index contributed by atoms with van der Waals surface area (Å²) in [6.07, 6.45) is 0. The van der Waals surface area contributed by atoms with Crippen LogP contribution in [0.25, 0.3) is 0 Å². The first-order valence-corrected chi connectivity index (χ1v) is 7.65. The summed E-state index contributed by atoms with van der Waals surface area (Å²) in [5.41, 5.74) is 12.6. The van der Waals surface area contributed by atoms with Gasteiger partial charge in [0.1, 0.15) is 0 Å². The Morgan fingerprint density at radius 2 is 1.47 bits per heavy atom. The zero-order valence-electron chi connectivity index (χ0n) is 10.7. The van der Waals surface area contributed by atoms with E-state index in [1.54, 1.807) is 48.5 Å². The Morgan fingerprint density at radius 3 is 1.84 bits per heavy atom. The molecular weight excluding hydrogens is 259 g/mol. The molecule has 2 rings (SSSR count). The van der Waals surface area contributed by atoms with Gasteiger partial charge in [-0.15, -0.1) is 0 Å². The van der Waals surface area contributed by atoms with Crippen LogP contribution in [0.4, 0.5) is 11.4 Å². The fourth-order valence-corrected chi connectivity index (χ4v) is 4.06. The van der Waals surface area contributed by atoms with Crippen molar-refractivity contribution in [3.05, 3.63) is 48.5 Å². The Labute approximate surface area is 112 Å². The first-order valence-electron chi connectivity index (χ1n) is 6.03. The van der Waals surface area contributed by atoms with Crippen molar-refractivity contribution in [1.29, 1.82) is 0 Å². The number of anilines is 2. The van der Waals surface area contributed by atoms with E-state index in [0.29, 0.717) is 28.6 Å². The second-order valence-corrected chi connectivity index (χ2v) is 6.55. The first-order chi connectivity index (χ1) is 9.06. The average Bonchev–Trinajstić information content (AvgIpc) is 2.39. The summed E-state index contributed by atoms with van der Waals surface area (Å²) in [6, 6.07) is 13.9. The van der Waals surface area contributed by atoms with Crippen LogP contribution in [0.2, 0.25) is 0 Å². The van der Waals surface area contributed by atoms with Crippen LogP contribution in [-0.2, 0) is 9.09 Å². The standard InChI is InChI=1S/C14H17N2O2P/c1-2-18-19(17,13-7-3-5-11(15)9-13)14-8-4-6-12(16)10-14/h3-10H,2,15-16H2,1H3. The predicted octanol–water partition coefficient (Wildman–Crippen LogP) is 2.12. The van der Waals surface area contributed by atoms with Crippen molar-refractivity contribution in [1.82, 2.24) is 0 Å². The van der Waals surface area contributed by atoms with E-state index in [2.05, 4.69) is 0 Å². The molecule has 4 nitrogen and oxygen atoms in total. The van der Waals surface area contributed by atoms with Crippen LogP contribution in [0.5, 0.6) is 0 Å². The third kappa shape index (κ3) is 2.80. The Bertz CT molecular complexity index is 579. The molecule has 0 aliphatic rings. The largest absolute Gasteiger partial charge is 0.399 e. The van der Waals surface area contributed by atoms with Gasteiger partial charge in [0.15, 0.2) is 0 Å². The van der Waals surface area contributed by atoms with Gasteiger partial charge in [-0.1, -0.05) is 12.1 Å². The number of benzene rings is 2. The Kier molecular flexibility index (Phi) is 3.93. The van der Waals surface area contributed by atoms with E-state index in [0.717, 1.165) is 0 Å². The topological polar surface area (TPSA) is 78.3 Å². The molecule has 0 saturated carbocycles. The molecule has 0 amide bonds. The van der Waals surface area contributed by atoms with Gasteiger partial charge in [0.2, 0.25) is 0 Å². The molecule has 4 N–H and O–H groups in total. The number of hydrogen-bond acceptors (Lipinski definition) is 4. The van der Waals surface area contributed by atoms with Crippen LogP contribution in [0.1, 0.15) is 6.92 Å². The Hall–Kier alpha value is -1.77. The fourth-order valence-electron chi connectivity index (χ4n) is 1.90. The van der Waals surface area contributed by atoms with E-state index >= 15 is 0 Å². The molecule has 0 heterocycles. The van der Waals surface area contributed by atoms with E-state index in [1.807, 2.05) is 6.92 Å². The molecule has 0 aliphatic carbocycles. The normalized spacial score (nSPS) is 11.4. The second kappa shape index (κ2) is 5.47. The smallest absolute Gasteiger partial charge is 0.261 e. The lowest BCUT2D eigenvalue weighted by Crippen LogP contribution is -2.19. The minimum atomic E-state index is -3.14. The summed E-state index contributed by atoms with van der Waals surface area (Å²) < 4.78 is 18.7. The summed E-state index contributed by atoms with van der Waals surface area (Å²) in [7, 11) is -3.14. The molecule has 0 fully saturated rings. The molecule has 100 valence electrons. The molecular formula is C14H17N2O2P. The Balaban J connectivity index is 2.58. The lowest BCUT2D eigenvalue weighted by Gasteiger charge is -2.19. The van der Waals surface area contributed by atoms with Gasteiger partial charge in [0.05, 0.1) is 6.61 Å². The molecule has 0 unspecified atom stereocenters. The number of nitrogens with two attached hydrogens (primary N) is 2. The number of nitrogen functional groups attached to an aromatic ring is 2. The van der Waals surface area contributed by atoms with Crippen molar-refractivity contribution < 1.29 is 9.09 Å². The third-order valence-electron chi connectivity index (χ3n) is 2.73. The van der Waals surface area contributed by atoms with Gasteiger partial charge < -0.3 is 16.0 Å². The summed E-state index contributed by atoms with van der Waals surface area (Å²) in [5, 5.41) is 1.17. The Morgan fingerprint density at radius 1 is 1.00 bits per heavy atom. The van der Waals surface area contributed by atoms with Gasteiger partial charge in [-0.3, -0.25) is 4.57 Å². The molecule has 0 atom stereocenters. The van der Waals surface area contributed by atoms with Crippen LogP contribution < -0.4 is 22.1 Å². The number of hydrogen-bond donors (Lipinski definition) is 2. The SMILES string of the molecule is CCOP(=O)(c1cccc(N)c1)c1cccc(N)c1. The highest BCUT2D eigenvalue weighted by molar-refractivity contribution is 7.74. The van der Waals surface area contributed by atoms with Crippen molar-refractivity contribution in [3.63, 3.8) is 0 Å². The van der Waals surface area contributed by atoms with Gasteiger partial charge in [0, 0.05) is 22.0 Å². The molecule has 0 spiro atoms. The summed E-state index contributed by atoms with van der Waals surface area (Å²) in [5.74, 6) is 0. The van der Waals surface area contributed by atoms with Gasteiger partial charge in [-0.2, -0.15) is 0 Å². The molecule has 2 aromatic carbocycles. The van der Waals surface area contributed by atoms with Gasteiger partial charge in [-0.25, -0.2) is 0 Å². The zero-order chi connectivity index (χ0) is 13.9. The number of rotatable bonds is 4. The molecule has 5 heteroatoms. The maximum Gasteiger partial charge on any atom is 0.261 e. The van der Waals surface area contributed by atoms with Crippen molar-refractivity contribution in [2.24, 2.45) is 0 Å². The van der Waals surface area contributed by atoms with Crippen molar-refractivity contribution >= 4 is 29.4 Å². The minimum absolute atomic E-state index is 0.348. The molecule has 0 saturated heterocycles. The predicted molar refractivity (Wildman–Crippen MR) is 80.2 cm³/mol. The van der Waals surface area contributed by atoms with Crippen molar-refractivity contribution in [2.45, 2.75) is 6.92 Å². The van der Waals surface area contributed by atoms with E-state index in [9.17, 15) is 4.57 Å². The van der Waals surface area contributed by atoms with E-state index in [-0.39, 0.29) is 0 Å². The highest BCUT2D eigenvalue weighted by Crippen LogP contribution is 2.45. The van der Waals surface area contributed by atoms with Crippen LogP contribution in [-0.4, -0.2) is 6.61 Å². The maximum atomic E-state index is 13.2. The minimum Gasteiger partial charge on any atom is -0.399 e. The van der Waals surface area contributed by atoms with Crippen LogP contribution in [0.3, 0.4) is 0 Å². The molecule has 0 aliphatic heterocycles. The van der Waals surface area contributed by atoms with Gasteiger partial charge in [0.25, 0.3) is 7.37 Å². The third-order valence-corrected chi connectivity index (χ3v) is 5.27. The van der Waals surface area contributed by atoms with Crippen LogP contribution in [0.15, 0.2) is 48.5 Å². The fraction of sp³-hybridized carbons (Fsp3) is 0.143. The highest BCUT2D eigenvalue weighted by atomic mass is 31.2. The van der Waals surface area contributed by atoms with E-state index in [1.165, 1.54) is 0 Å². The highest BCUT2D eigenvalue weighted by Gasteiger charge is 2.28. The van der Waals surface area contributed by atoms with Crippen LogP contribution in [0, 0.1) is 0 Å². The molecule has 0 bridgehead atoms. The van der Waals surface area contributed by atoms with E-state index < -0.39 is 7.37 Å². The van der Waals surface area contributed by atoms with Crippen molar-refractivity contribution in [3.8, 4) is 0 Å². The van der Waals surface area contributed by atoms with Crippen LogP contribution >= 0.6 is 7.37 Å². The monoisotopic (exact) mass is 276 g/mol. The van der Waals surface area contributed by atoms with Crippen molar-refractivity contribution in [2.75, 3.05) is 18.1 Å².